The van der Waals surface area contributed by atoms with Crippen molar-refractivity contribution in [3.63, 3.8) is 0 Å². The molecule has 1 amide bonds. The van der Waals surface area contributed by atoms with E-state index in [1.54, 1.807) is 0 Å². The standard InChI is InChI=1S/C27H36N2O3.CH2O2/c1-3-31-25-15-9-14-23(19(25)2)24-17-28-26(29-27(30)20-10-5-4-6-11-20)16-21(24)18-32-22-12-7-8-13-22;2-1-3/h9,14-17,20,22H,3-8,10-13,18H2,1-2H3,(H,28,29,30);1H,(H,2,3). The largest absolute Gasteiger partial charge is 0.494 e. The van der Waals surface area contributed by atoms with Crippen molar-refractivity contribution in [3.8, 4) is 16.9 Å². The second-order valence-electron chi connectivity index (χ2n) is 9.24. The quantitative estimate of drug-likeness (QED) is 0.439. The number of benzene rings is 1. The molecule has 35 heavy (non-hydrogen) atoms. The average Bonchev–Trinajstić information content (AvgIpc) is 3.39. The highest BCUT2D eigenvalue weighted by Crippen LogP contribution is 2.34. The van der Waals surface area contributed by atoms with Crippen molar-refractivity contribution < 1.29 is 24.2 Å². The maximum absolute atomic E-state index is 12.8. The summed E-state index contributed by atoms with van der Waals surface area (Å²) in [7, 11) is 0. The molecule has 0 spiro atoms. The highest BCUT2D eigenvalue weighted by Gasteiger charge is 2.22. The molecule has 2 N–H and O–H groups in total. The molecule has 2 fully saturated rings. The monoisotopic (exact) mass is 482 g/mol. The van der Waals surface area contributed by atoms with Gasteiger partial charge in [-0.05, 0) is 68.4 Å². The first-order valence-corrected chi connectivity index (χ1v) is 12.8. The number of aromatic nitrogens is 1. The van der Waals surface area contributed by atoms with Crippen LogP contribution in [0.4, 0.5) is 5.82 Å². The van der Waals surface area contributed by atoms with Crippen LogP contribution in [0.3, 0.4) is 0 Å². The topological polar surface area (TPSA) is 97.8 Å². The fourth-order valence-electron chi connectivity index (χ4n) is 5.00. The number of ether oxygens (including phenoxy) is 2. The van der Waals surface area contributed by atoms with E-state index in [0.717, 1.165) is 66.5 Å². The molecular weight excluding hydrogens is 444 g/mol. The summed E-state index contributed by atoms with van der Waals surface area (Å²) in [6.07, 6.45) is 12.4. The van der Waals surface area contributed by atoms with E-state index in [0.29, 0.717) is 25.1 Å². The maximum Gasteiger partial charge on any atom is 0.290 e. The molecule has 1 aromatic carbocycles. The van der Waals surface area contributed by atoms with Crippen molar-refractivity contribution >= 4 is 18.2 Å². The van der Waals surface area contributed by atoms with Crippen LogP contribution in [-0.2, 0) is 20.9 Å². The number of pyridine rings is 1. The van der Waals surface area contributed by atoms with Crippen molar-refractivity contribution in [2.24, 2.45) is 5.92 Å². The van der Waals surface area contributed by atoms with Gasteiger partial charge >= 0.3 is 0 Å². The second kappa shape index (κ2) is 13.8. The lowest BCUT2D eigenvalue weighted by Gasteiger charge is -2.21. The third-order valence-corrected chi connectivity index (χ3v) is 6.87. The van der Waals surface area contributed by atoms with Gasteiger partial charge in [-0.15, -0.1) is 0 Å². The number of rotatable bonds is 8. The zero-order chi connectivity index (χ0) is 25.0. The lowest BCUT2D eigenvalue weighted by Crippen LogP contribution is -2.25. The normalized spacial score (nSPS) is 16.3. The summed E-state index contributed by atoms with van der Waals surface area (Å²) in [5.74, 6) is 1.71. The fraction of sp³-hybridized carbons (Fsp3) is 0.536. The molecule has 2 aromatic rings. The van der Waals surface area contributed by atoms with Gasteiger partial charge in [0.15, 0.2) is 0 Å². The van der Waals surface area contributed by atoms with Crippen LogP contribution in [0.2, 0.25) is 0 Å². The summed E-state index contributed by atoms with van der Waals surface area (Å²) in [5, 5.41) is 9.96. The van der Waals surface area contributed by atoms with Crippen LogP contribution in [-0.4, -0.2) is 35.2 Å². The van der Waals surface area contributed by atoms with Crippen molar-refractivity contribution in [2.75, 3.05) is 11.9 Å². The molecule has 7 heteroatoms. The van der Waals surface area contributed by atoms with Crippen molar-refractivity contribution in [1.29, 1.82) is 0 Å². The van der Waals surface area contributed by atoms with Crippen LogP contribution in [0, 0.1) is 12.8 Å². The highest BCUT2D eigenvalue weighted by atomic mass is 16.5. The molecule has 0 unspecified atom stereocenters. The molecule has 0 bridgehead atoms. The van der Waals surface area contributed by atoms with Gasteiger partial charge in [0, 0.05) is 17.7 Å². The maximum atomic E-state index is 12.8. The van der Waals surface area contributed by atoms with Crippen LogP contribution in [0.1, 0.15) is 75.8 Å². The van der Waals surface area contributed by atoms with Gasteiger partial charge in [-0.2, -0.15) is 0 Å². The van der Waals surface area contributed by atoms with Crippen LogP contribution in [0.5, 0.6) is 5.75 Å². The second-order valence-corrected chi connectivity index (χ2v) is 9.24. The Bertz CT molecular complexity index is 966. The van der Waals surface area contributed by atoms with E-state index in [1.807, 2.05) is 31.3 Å². The molecule has 0 saturated heterocycles. The first kappa shape index (κ1) is 26.7. The van der Waals surface area contributed by atoms with Crippen LogP contribution < -0.4 is 10.1 Å². The van der Waals surface area contributed by atoms with Gasteiger partial charge in [-0.3, -0.25) is 9.59 Å². The zero-order valence-electron chi connectivity index (χ0n) is 20.9. The van der Waals surface area contributed by atoms with E-state index in [-0.39, 0.29) is 18.3 Å². The molecule has 0 atom stereocenters. The average molecular weight is 483 g/mol. The summed E-state index contributed by atoms with van der Waals surface area (Å²) in [4.78, 5) is 25.8. The molecular formula is C28H38N2O5. The first-order chi connectivity index (χ1) is 17.1. The van der Waals surface area contributed by atoms with Gasteiger partial charge in [0.1, 0.15) is 11.6 Å². The molecule has 0 radical (unpaired) electrons. The molecule has 2 aliphatic rings. The molecule has 2 saturated carbocycles. The van der Waals surface area contributed by atoms with E-state index in [1.165, 1.54) is 19.3 Å². The molecule has 1 aromatic heterocycles. The van der Waals surface area contributed by atoms with E-state index in [2.05, 4.69) is 23.3 Å². The number of hydrogen-bond acceptors (Lipinski definition) is 5. The number of nitrogens with zero attached hydrogens (tertiary/aromatic N) is 1. The lowest BCUT2D eigenvalue weighted by atomic mass is 9.88. The van der Waals surface area contributed by atoms with Gasteiger partial charge in [-0.1, -0.05) is 44.2 Å². The van der Waals surface area contributed by atoms with Crippen molar-refractivity contribution in [1.82, 2.24) is 4.98 Å². The fourth-order valence-corrected chi connectivity index (χ4v) is 5.00. The minimum atomic E-state index is -0.250. The zero-order valence-corrected chi connectivity index (χ0v) is 20.9. The third-order valence-electron chi connectivity index (χ3n) is 6.87. The number of carbonyl (C=O) groups is 2. The number of carbonyl (C=O) groups excluding carboxylic acids is 1. The third kappa shape index (κ3) is 7.52. The number of anilines is 1. The number of carboxylic acid groups (broad SMARTS) is 1. The predicted octanol–water partition coefficient (Wildman–Crippen LogP) is 6.13. The van der Waals surface area contributed by atoms with Gasteiger partial charge in [0.2, 0.25) is 5.91 Å². The minimum Gasteiger partial charge on any atom is -0.494 e. The van der Waals surface area contributed by atoms with E-state index < -0.39 is 0 Å². The van der Waals surface area contributed by atoms with Gasteiger partial charge < -0.3 is 19.9 Å². The van der Waals surface area contributed by atoms with Crippen molar-refractivity contribution in [2.45, 2.75) is 84.3 Å². The summed E-state index contributed by atoms with van der Waals surface area (Å²) >= 11 is 0. The molecule has 1 heterocycles. The van der Waals surface area contributed by atoms with Gasteiger partial charge in [0.05, 0.1) is 19.3 Å². The first-order valence-electron chi connectivity index (χ1n) is 12.8. The van der Waals surface area contributed by atoms with Crippen LogP contribution >= 0.6 is 0 Å². The van der Waals surface area contributed by atoms with Gasteiger partial charge in [0.25, 0.3) is 6.47 Å². The Kier molecular flexibility index (Phi) is 10.5. The Morgan fingerprint density at radius 2 is 1.80 bits per heavy atom. The van der Waals surface area contributed by atoms with Gasteiger partial charge in [-0.25, -0.2) is 4.98 Å². The van der Waals surface area contributed by atoms with E-state index in [9.17, 15) is 4.79 Å². The Labute approximate surface area is 208 Å². The Hall–Kier alpha value is -2.93. The summed E-state index contributed by atoms with van der Waals surface area (Å²) in [5.41, 5.74) is 4.29. The summed E-state index contributed by atoms with van der Waals surface area (Å²) in [6, 6.07) is 8.13. The Balaban J connectivity index is 0.00000108. The molecule has 190 valence electrons. The number of amides is 1. The number of hydrogen-bond donors (Lipinski definition) is 2. The minimum absolute atomic E-state index is 0.0992. The van der Waals surface area contributed by atoms with Crippen LogP contribution in [0.25, 0.3) is 11.1 Å². The van der Waals surface area contributed by atoms with E-state index >= 15 is 0 Å². The SMILES string of the molecule is CCOc1cccc(-c2cnc(NC(=O)C3CCCCC3)cc2COC2CCCC2)c1C.O=CO. The number of nitrogens with one attached hydrogen (secondary N) is 1. The summed E-state index contributed by atoms with van der Waals surface area (Å²) in [6.45, 7) is 4.98. The van der Waals surface area contributed by atoms with Crippen LogP contribution in [0.15, 0.2) is 30.5 Å². The van der Waals surface area contributed by atoms with E-state index in [4.69, 9.17) is 19.4 Å². The molecule has 0 aliphatic heterocycles. The molecule has 4 rings (SSSR count). The Morgan fingerprint density at radius 3 is 2.49 bits per heavy atom. The Morgan fingerprint density at radius 1 is 1.11 bits per heavy atom. The lowest BCUT2D eigenvalue weighted by molar-refractivity contribution is -0.123. The molecule has 7 nitrogen and oxygen atoms in total. The smallest absolute Gasteiger partial charge is 0.290 e. The van der Waals surface area contributed by atoms with Crippen molar-refractivity contribution in [3.05, 3.63) is 41.6 Å². The highest BCUT2D eigenvalue weighted by molar-refractivity contribution is 5.92. The summed E-state index contributed by atoms with van der Waals surface area (Å²) < 4.78 is 12.1. The predicted molar refractivity (Wildman–Crippen MR) is 137 cm³/mol. The molecule has 2 aliphatic carbocycles.